The average Bonchev–Trinajstić information content (AvgIpc) is 2.09. The lowest BCUT2D eigenvalue weighted by Crippen LogP contribution is -2.44. The van der Waals surface area contributed by atoms with Crippen LogP contribution in [0.15, 0.2) is 18.2 Å². The second kappa shape index (κ2) is 3.46. The van der Waals surface area contributed by atoms with Gasteiger partial charge in [0.1, 0.15) is 0 Å². The van der Waals surface area contributed by atoms with Crippen LogP contribution < -0.4 is 11.1 Å². The van der Waals surface area contributed by atoms with Crippen LogP contribution in [0.2, 0.25) is 0 Å². The van der Waals surface area contributed by atoms with Crippen molar-refractivity contribution in [2.45, 2.75) is 24.9 Å². The topological polar surface area (TPSA) is 58.3 Å². The molecule has 0 amide bonds. The van der Waals surface area contributed by atoms with Crippen LogP contribution in [0.4, 0.5) is 10.1 Å². The van der Waals surface area contributed by atoms with Gasteiger partial charge in [0, 0.05) is 23.8 Å². The molecule has 1 saturated carbocycles. The van der Waals surface area contributed by atoms with E-state index in [1.807, 2.05) is 0 Å². The van der Waals surface area contributed by atoms with Gasteiger partial charge in [-0.1, -0.05) is 0 Å². The number of hydrogen-bond acceptors (Lipinski definition) is 3. The second-order valence-corrected chi connectivity index (χ2v) is 3.74. The Hall–Kier alpha value is -1.29. The first-order valence-corrected chi connectivity index (χ1v) is 4.66. The summed E-state index contributed by atoms with van der Waals surface area (Å²) in [6, 6.07) is 4.90. The summed E-state index contributed by atoms with van der Waals surface area (Å²) in [5, 5.41) is 12.1. The number of aromatic hydroxyl groups is 1. The summed E-state index contributed by atoms with van der Waals surface area (Å²) in [6.45, 7) is 0. The molecule has 0 saturated heterocycles. The Labute approximate surface area is 81.7 Å². The van der Waals surface area contributed by atoms with Gasteiger partial charge in [-0.3, -0.25) is 0 Å². The van der Waals surface area contributed by atoms with Crippen molar-refractivity contribution in [1.29, 1.82) is 0 Å². The third kappa shape index (κ3) is 1.80. The number of anilines is 1. The van der Waals surface area contributed by atoms with Gasteiger partial charge in [-0.05, 0) is 25.0 Å². The van der Waals surface area contributed by atoms with Gasteiger partial charge in [0.25, 0.3) is 0 Å². The summed E-state index contributed by atoms with van der Waals surface area (Å²) in [5.74, 6) is -0.917. The van der Waals surface area contributed by atoms with Crippen LogP contribution in [0, 0.1) is 5.82 Å². The summed E-state index contributed by atoms with van der Waals surface area (Å²) in [7, 11) is 0. The van der Waals surface area contributed by atoms with Crippen LogP contribution in [-0.2, 0) is 0 Å². The van der Waals surface area contributed by atoms with Crippen LogP contribution >= 0.6 is 0 Å². The molecule has 1 aromatic rings. The van der Waals surface area contributed by atoms with Gasteiger partial charge in [0.2, 0.25) is 0 Å². The fourth-order valence-electron chi connectivity index (χ4n) is 1.61. The van der Waals surface area contributed by atoms with Crippen LogP contribution in [0.1, 0.15) is 12.8 Å². The van der Waals surface area contributed by atoms with Crippen molar-refractivity contribution in [3.63, 3.8) is 0 Å². The van der Waals surface area contributed by atoms with Gasteiger partial charge in [0.05, 0.1) is 0 Å². The van der Waals surface area contributed by atoms with E-state index in [4.69, 9.17) is 10.8 Å². The molecule has 4 N–H and O–H groups in total. The highest BCUT2D eigenvalue weighted by Crippen LogP contribution is 2.25. The Morgan fingerprint density at radius 3 is 2.71 bits per heavy atom. The molecular formula is C10H13FN2O. The van der Waals surface area contributed by atoms with E-state index < -0.39 is 5.82 Å². The van der Waals surface area contributed by atoms with Gasteiger partial charge in [0.15, 0.2) is 11.6 Å². The van der Waals surface area contributed by atoms with Crippen molar-refractivity contribution in [2.75, 3.05) is 5.32 Å². The van der Waals surface area contributed by atoms with Gasteiger partial charge in [-0.2, -0.15) is 0 Å². The normalized spacial score (nSPS) is 25.6. The number of nitrogens with two attached hydrogens (primary N) is 1. The number of phenolic OH excluding ortho intramolecular Hbond substituents is 1. The molecule has 0 aliphatic heterocycles. The minimum Gasteiger partial charge on any atom is -0.505 e. The molecule has 4 heteroatoms. The van der Waals surface area contributed by atoms with Crippen LogP contribution in [-0.4, -0.2) is 17.2 Å². The minimum absolute atomic E-state index is 0.273. The third-order valence-electron chi connectivity index (χ3n) is 2.49. The van der Waals surface area contributed by atoms with Crippen molar-refractivity contribution >= 4 is 5.69 Å². The summed E-state index contributed by atoms with van der Waals surface area (Å²) in [4.78, 5) is 0. The molecule has 1 aliphatic rings. The summed E-state index contributed by atoms with van der Waals surface area (Å²) in [6.07, 6.45) is 1.84. The van der Waals surface area contributed by atoms with Crippen molar-refractivity contribution in [1.82, 2.24) is 0 Å². The highest BCUT2D eigenvalue weighted by Gasteiger charge is 2.25. The van der Waals surface area contributed by atoms with E-state index in [9.17, 15) is 4.39 Å². The van der Waals surface area contributed by atoms with E-state index in [0.717, 1.165) is 12.8 Å². The first-order valence-electron chi connectivity index (χ1n) is 4.66. The maximum absolute atomic E-state index is 12.9. The smallest absolute Gasteiger partial charge is 0.166 e. The Kier molecular flexibility index (Phi) is 2.29. The molecule has 0 aromatic heterocycles. The number of nitrogens with one attached hydrogen (secondary N) is 1. The van der Waals surface area contributed by atoms with Crippen LogP contribution in [0.3, 0.4) is 0 Å². The molecule has 1 aromatic carbocycles. The van der Waals surface area contributed by atoms with Crippen molar-refractivity contribution < 1.29 is 9.50 Å². The molecule has 14 heavy (non-hydrogen) atoms. The van der Waals surface area contributed by atoms with Gasteiger partial charge in [-0.25, -0.2) is 4.39 Å². The first-order chi connectivity index (χ1) is 6.65. The van der Waals surface area contributed by atoms with E-state index in [-0.39, 0.29) is 11.8 Å². The lowest BCUT2D eigenvalue weighted by molar-refractivity contribution is 0.373. The maximum atomic E-state index is 12.9. The second-order valence-electron chi connectivity index (χ2n) is 3.74. The fraction of sp³-hybridized carbons (Fsp3) is 0.400. The molecule has 1 fully saturated rings. The fourth-order valence-corrected chi connectivity index (χ4v) is 1.61. The molecule has 0 unspecified atom stereocenters. The van der Waals surface area contributed by atoms with Crippen molar-refractivity contribution in [2.24, 2.45) is 5.73 Å². The van der Waals surface area contributed by atoms with E-state index in [2.05, 4.69) is 5.32 Å². The van der Waals surface area contributed by atoms with Crippen LogP contribution in [0.25, 0.3) is 0 Å². The molecular weight excluding hydrogens is 183 g/mol. The maximum Gasteiger partial charge on any atom is 0.166 e. The third-order valence-corrected chi connectivity index (χ3v) is 2.49. The Morgan fingerprint density at radius 2 is 2.14 bits per heavy atom. The minimum atomic E-state index is -0.598. The Balaban J connectivity index is 2.00. The summed E-state index contributed by atoms with van der Waals surface area (Å²) in [5.41, 5.74) is 6.31. The molecule has 0 heterocycles. The van der Waals surface area contributed by atoms with Gasteiger partial charge < -0.3 is 16.2 Å². The van der Waals surface area contributed by atoms with Crippen molar-refractivity contribution in [3.05, 3.63) is 24.0 Å². The van der Waals surface area contributed by atoms with E-state index >= 15 is 0 Å². The Morgan fingerprint density at radius 1 is 1.43 bits per heavy atom. The SMILES string of the molecule is NC1CC(Nc2ccc(O)c(F)c2)C1. The van der Waals surface area contributed by atoms with E-state index in [0.29, 0.717) is 11.7 Å². The number of benzene rings is 1. The highest BCUT2D eigenvalue weighted by atomic mass is 19.1. The Bertz CT molecular complexity index is 337. The highest BCUT2D eigenvalue weighted by molar-refractivity contribution is 5.48. The number of halogens is 1. The number of phenols is 1. The molecule has 0 bridgehead atoms. The molecule has 0 spiro atoms. The van der Waals surface area contributed by atoms with Gasteiger partial charge >= 0.3 is 0 Å². The summed E-state index contributed by atoms with van der Waals surface area (Å²) >= 11 is 0. The zero-order chi connectivity index (χ0) is 10.1. The molecule has 76 valence electrons. The zero-order valence-corrected chi connectivity index (χ0v) is 7.70. The monoisotopic (exact) mass is 196 g/mol. The lowest BCUT2D eigenvalue weighted by Gasteiger charge is -2.33. The molecule has 2 rings (SSSR count). The average molecular weight is 196 g/mol. The molecule has 3 nitrogen and oxygen atoms in total. The predicted molar refractivity (Wildman–Crippen MR) is 52.7 cm³/mol. The number of hydrogen-bond donors (Lipinski definition) is 3. The summed E-state index contributed by atoms with van der Waals surface area (Å²) < 4.78 is 12.9. The number of rotatable bonds is 2. The molecule has 1 aliphatic carbocycles. The standard InChI is InChI=1S/C10H13FN2O/c11-9-5-7(1-2-10(9)14)13-8-3-6(12)4-8/h1-2,5-6,8,13-14H,3-4,12H2. The molecule has 0 radical (unpaired) electrons. The van der Waals surface area contributed by atoms with E-state index in [1.165, 1.54) is 12.1 Å². The van der Waals surface area contributed by atoms with E-state index in [1.54, 1.807) is 6.07 Å². The van der Waals surface area contributed by atoms with Gasteiger partial charge in [-0.15, -0.1) is 0 Å². The quantitative estimate of drug-likeness (QED) is 0.627. The largest absolute Gasteiger partial charge is 0.505 e. The van der Waals surface area contributed by atoms with Crippen molar-refractivity contribution in [3.8, 4) is 5.75 Å². The predicted octanol–water partition coefficient (Wildman–Crippen LogP) is 1.43. The molecule has 0 atom stereocenters. The van der Waals surface area contributed by atoms with Crippen LogP contribution in [0.5, 0.6) is 5.75 Å². The lowest BCUT2D eigenvalue weighted by atomic mass is 9.87. The first kappa shape index (κ1) is 9.27. The zero-order valence-electron chi connectivity index (χ0n) is 7.70.